The van der Waals surface area contributed by atoms with E-state index < -0.39 is 5.82 Å². The summed E-state index contributed by atoms with van der Waals surface area (Å²) in [5.74, 6) is -0.411. The molecule has 0 saturated heterocycles. The fourth-order valence-corrected chi connectivity index (χ4v) is 2.10. The third-order valence-electron chi connectivity index (χ3n) is 2.92. The molecule has 94 valence electrons. The van der Waals surface area contributed by atoms with Gasteiger partial charge in [0.25, 0.3) is 0 Å². The lowest BCUT2D eigenvalue weighted by atomic mass is 9.98. The second-order valence-corrected chi connectivity index (χ2v) is 4.70. The third kappa shape index (κ3) is 2.86. The summed E-state index contributed by atoms with van der Waals surface area (Å²) >= 11 is 5.75. The van der Waals surface area contributed by atoms with E-state index in [1.807, 2.05) is 13.0 Å². The largest absolute Gasteiger partial charge is 0.324 e. The van der Waals surface area contributed by atoms with Gasteiger partial charge in [-0.25, -0.2) is 4.39 Å². The maximum absolute atomic E-state index is 13.1. The van der Waals surface area contributed by atoms with Gasteiger partial charge in [-0.05, 0) is 48.2 Å². The summed E-state index contributed by atoms with van der Waals surface area (Å²) in [6.45, 7) is 1.99. The van der Waals surface area contributed by atoms with Crippen molar-refractivity contribution >= 4 is 11.6 Å². The molecule has 1 aromatic carbocycles. The van der Waals surface area contributed by atoms with Crippen LogP contribution in [0.4, 0.5) is 4.39 Å². The molecule has 0 aliphatic heterocycles. The number of nitrogens with zero attached hydrogens (tertiary/aromatic N) is 1. The molecule has 0 saturated carbocycles. The van der Waals surface area contributed by atoms with E-state index in [9.17, 15) is 4.39 Å². The highest BCUT2D eigenvalue weighted by Gasteiger charge is 2.11. The van der Waals surface area contributed by atoms with Gasteiger partial charge in [-0.2, -0.15) is 0 Å². The van der Waals surface area contributed by atoms with Crippen molar-refractivity contribution in [1.29, 1.82) is 0 Å². The minimum absolute atomic E-state index is 0.127. The second-order valence-electron chi connectivity index (χ2n) is 4.29. The van der Waals surface area contributed by atoms with Crippen LogP contribution in [0.15, 0.2) is 36.7 Å². The second kappa shape index (κ2) is 5.46. The molecule has 1 atom stereocenters. The molecular weight excluding hydrogens is 251 g/mol. The normalized spacial score (nSPS) is 12.4. The molecule has 0 spiro atoms. The van der Waals surface area contributed by atoms with Gasteiger partial charge in [-0.3, -0.25) is 4.98 Å². The molecule has 2 nitrogen and oxygen atoms in total. The van der Waals surface area contributed by atoms with Gasteiger partial charge in [-0.15, -0.1) is 0 Å². The number of halogens is 2. The first kappa shape index (κ1) is 13.0. The lowest BCUT2D eigenvalue weighted by Crippen LogP contribution is -2.15. The Balaban J connectivity index is 2.19. The SMILES string of the molecule is Cc1ccncc1C(N)Cc1ccc(F)c(Cl)c1. The van der Waals surface area contributed by atoms with Crippen LogP contribution in [0.1, 0.15) is 22.7 Å². The number of benzene rings is 1. The molecule has 0 bridgehead atoms. The number of pyridine rings is 1. The van der Waals surface area contributed by atoms with Gasteiger partial charge in [0, 0.05) is 18.4 Å². The fourth-order valence-electron chi connectivity index (χ4n) is 1.89. The molecule has 0 aliphatic carbocycles. The van der Waals surface area contributed by atoms with E-state index in [-0.39, 0.29) is 11.1 Å². The summed E-state index contributed by atoms with van der Waals surface area (Å²) < 4.78 is 13.1. The van der Waals surface area contributed by atoms with Crippen LogP contribution < -0.4 is 5.73 Å². The van der Waals surface area contributed by atoms with Crippen molar-refractivity contribution in [2.24, 2.45) is 5.73 Å². The highest BCUT2D eigenvalue weighted by atomic mass is 35.5. The predicted molar refractivity (Wildman–Crippen MR) is 71.0 cm³/mol. The predicted octanol–water partition coefficient (Wildman–Crippen LogP) is 3.43. The lowest BCUT2D eigenvalue weighted by Gasteiger charge is -2.14. The number of rotatable bonds is 3. The first-order chi connectivity index (χ1) is 8.58. The van der Waals surface area contributed by atoms with E-state index in [4.69, 9.17) is 17.3 Å². The first-order valence-electron chi connectivity index (χ1n) is 5.68. The van der Waals surface area contributed by atoms with Crippen molar-refractivity contribution in [2.75, 3.05) is 0 Å². The van der Waals surface area contributed by atoms with E-state index in [1.165, 1.54) is 6.07 Å². The van der Waals surface area contributed by atoms with Crippen molar-refractivity contribution in [3.8, 4) is 0 Å². The Labute approximate surface area is 111 Å². The standard InChI is InChI=1S/C14H14ClFN2/c1-9-4-5-18-8-11(9)14(17)7-10-2-3-13(16)12(15)6-10/h2-6,8,14H,7,17H2,1H3. The number of nitrogens with two attached hydrogens (primary N) is 1. The smallest absolute Gasteiger partial charge is 0.141 e. The Hall–Kier alpha value is -1.45. The van der Waals surface area contributed by atoms with Crippen LogP contribution in [0.5, 0.6) is 0 Å². The number of hydrogen-bond acceptors (Lipinski definition) is 2. The third-order valence-corrected chi connectivity index (χ3v) is 3.21. The lowest BCUT2D eigenvalue weighted by molar-refractivity contribution is 0.626. The molecule has 0 radical (unpaired) electrons. The molecule has 2 aromatic rings. The summed E-state index contributed by atoms with van der Waals surface area (Å²) in [6.07, 6.45) is 4.11. The van der Waals surface area contributed by atoms with Crippen LogP contribution in [0.2, 0.25) is 5.02 Å². The topological polar surface area (TPSA) is 38.9 Å². The van der Waals surface area contributed by atoms with Gasteiger partial charge in [0.15, 0.2) is 0 Å². The summed E-state index contributed by atoms with van der Waals surface area (Å²) in [7, 11) is 0. The fraction of sp³-hybridized carbons (Fsp3) is 0.214. The van der Waals surface area contributed by atoms with Crippen LogP contribution in [0, 0.1) is 12.7 Å². The molecule has 0 aliphatic rings. The number of hydrogen-bond donors (Lipinski definition) is 1. The average Bonchev–Trinajstić information content (AvgIpc) is 2.34. The Kier molecular flexibility index (Phi) is 3.94. The zero-order chi connectivity index (χ0) is 13.1. The molecule has 1 heterocycles. The zero-order valence-electron chi connectivity index (χ0n) is 10.0. The van der Waals surface area contributed by atoms with Crippen molar-refractivity contribution in [3.05, 3.63) is 64.2 Å². The zero-order valence-corrected chi connectivity index (χ0v) is 10.8. The maximum Gasteiger partial charge on any atom is 0.141 e. The van der Waals surface area contributed by atoms with Gasteiger partial charge in [0.1, 0.15) is 5.82 Å². The van der Waals surface area contributed by atoms with Crippen LogP contribution in [-0.4, -0.2) is 4.98 Å². The van der Waals surface area contributed by atoms with Gasteiger partial charge in [0.05, 0.1) is 5.02 Å². The van der Waals surface area contributed by atoms with E-state index in [0.717, 1.165) is 16.7 Å². The van der Waals surface area contributed by atoms with Gasteiger partial charge in [-0.1, -0.05) is 17.7 Å². The quantitative estimate of drug-likeness (QED) is 0.923. The molecule has 2 N–H and O–H groups in total. The van der Waals surface area contributed by atoms with Gasteiger partial charge >= 0.3 is 0 Å². The maximum atomic E-state index is 13.1. The average molecular weight is 265 g/mol. The van der Waals surface area contributed by atoms with E-state index in [1.54, 1.807) is 24.5 Å². The molecule has 2 rings (SSSR count). The van der Waals surface area contributed by atoms with E-state index in [0.29, 0.717) is 6.42 Å². The molecular formula is C14H14ClFN2. The van der Waals surface area contributed by atoms with Crippen molar-refractivity contribution in [3.63, 3.8) is 0 Å². The van der Waals surface area contributed by atoms with Crippen LogP contribution in [-0.2, 0) is 6.42 Å². The highest BCUT2D eigenvalue weighted by Crippen LogP contribution is 2.22. The van der Waals surface area contributed by atoms with Crippen LogP contribution >= 0.6 is 11.6 Å². The van der Waals surface area contributed by atoms with Gasteiger partial charge in [0.2, 0.25) is 0 Å². The molecule has 4 heteroatoms. The first-order valence-corrected chi connectivity index (χ1v) is 6.05. The van der Waals surface area contributed by atoms with Crippen molar-refractivity contribution in [2.45, 2.75) is 19.4 Å². The van der Waals surface area contributed by atoms with E-state index >= 15 is 0 Å². The molecule has 1 aromatic heterocycles. The minimum Gasteiger partial charge on any atom is -0.324 e. The Morgan fingerprint density at radius 2 is 2.17 bits per heavy atom. The van der Waals surface area contributed by atoms with Crippen molar-refractivity contribution < 1.29 is 4.39 Å². The monoisotopic (exact) mass is 264 g/mol. The summed E-state index contributed by atoms with van der Waals surface area (Å²) in [6, 6.07) is 6.43. The summed E-state index contributed by atoms with van der Waals surface area (Å²) in [5.41, 5.74) is 9.15. The Bertz CT molecular complexity index is 557. The molecule has 0 fully saturated rings. The summed E-state index contributed by atoms with van der Waals surface area (Å²) in [5, 5.41) is 0.127. The Morgan fingerprint density at radius 3 is 2.83 bits per heavy atom. The Morgan fingerprint density at radius 1 is 1.39 bits per heavy atom. The summed E-state index contributed by atoms with van der Waals surface area (Å²) in [4.78, 5) is 4.07. The molecule has 1 unspecified atom stereocenters. The van der Waals surface area contributed by atoms with Crippen LogP contribution in [0.3, 0.4) is 0 Å². The van der Waals surface area contributed by atoms with Crippen LogP contribution in [0.25, 0.3) is 0 Å². The van der Waals surface area contributed by atoms with Crippen molar-refractivity contribution in [1.82, 2.24) is 4.98 Å². The molecule has 18 heavy (non-hydrogen) atoms. The van der Waals surface area contributed by atoms with Gasteiger partial charge < -0.3 is 5.73 Å². The number of aromatic nitrogens is 1. The molecule has 0 amide bonds. The minimum atomic E-state index is -0.411. The van der Waals surface area contributed by atoms with E-state index in [2.05, 4.69) is 4.98 Å². The number of aryl methyl sites for hydroxylation is 1. The highest BCUT2D eigenvalue weighted by molar-refractivity contribution is 6.30.